The van der Waals surface area contributed by atoms with Gasteiger partial charge in [0.05, 0.1) is 16.1 Å². The van der Waals surface area contributed by atoms with Gasteiger partial charge in [-0.1, -0.05) is 23.2 Å². The lowest BCUT2D eigenvalue weighted by Gasteiger charge is -2.08. The maximum Gasteiger partial charge on any atom is 0.256 e. The lowest BCUT2D eigenvalue weighted by Crippen LogP contribution is -2.13. The second kappa shape index (κ2) is 6.44. The van der Waals surface area contributed by atoms with Crippen LogP contribution in [0.2, 0.25) is 10.0 Å². The molecule has 6 heteroatoms. The molecule has 2 rings (SSSR count). The van der Waals surface area contributed by atoms with Crippen LogP contribution in [0, 0.1) is 14.9 Å². The van der Waals surface area contributed by atoms with Crippen molar-refractivity contribution in [2.24, 2.45) is 0 Å². The number of hydrogen-bond acceptors (Lipinski definition) is 2. The Morgan fingerprint density at radius 2 is 1.95 bits per heavy atom. The molecule has 0 fully saturated rings. The van der Waals surface area contributed by atoms with Crippen molar-refractivity contribution in [1.29, 1.82) is 5.26 Å². The number of amides is 1. The molecule has 20 heavy (non-hydrogen) atoms. The highest BCUT2D eigenvalue weighted by atomic mass is 127. The van der Waals surface area contributed by atoms with Crippen molar-refractivity contribution in [3.63, 3.8) is 0 Å². The van der Waals surface area contributed by atoms with Gasteiger partial charge in [0.25, 0.3) is 5.91 Å². The molecule has 1 N–H and O–H groups in total. The molecule has 1 amide bonds. The van der Waals surface area contributed by atoms with Crippen LogP contribution >= 0.6 is 45.8 Å². The van der Waals surface area contributed by atoms with E-state index in [1.54, 1.807) is 30.3 Å². The Labute approximate surface area is 139 Å². The average Bonchev–Trinajstić information content (AvgIpc) is 2.40. The molecule has 0 unspecified atom stereocenters. The van der Waals surface area contributed by atoms with Crippen LogP contribution in [-0.2, 0) is 0 Å². The third kappa shape index (κ3) is 3.42. The molecule has 100 valence electrons. The van der Waals surface area contributed by atoms with Crippen LogP contribution in [0.1, 0.15) is 15.9 Å². The Morgan fingerprint density at radius 3 is 2.60 bits per heavy atom. The Bertz CT molecular complexity index is 726. The van der Waals surface area contributed by atoms with Gasteiger partial charge in [0.15, 0.2) is 0 Å². The first-order valence-corrected chi connectivity index (χ1v) is 7.31. The molecule has 0 aliphatic carbocycles. The number of carbonyl (C=O) groups excluding carboxylic acids is 1. The van der Waals surface area contributed by atoms with Crippen LogP contribution < -0.4 is 5.32 Å². The Hall–Kier alpha value is -1.29. The summed E-state index contributed by atoms with van der Waals surface area (Å²) in [6.45, 7) is 0. The smallest absolute Gasteiger partial charge is 0.256 e. The number of halogens is 3. The van der Waals surface area contributed by atoms with Gasteiger partial charge < -0.3 is 5.32 Å². The third-order valence-electron chi connectivity index (χ3n) is 2.52. The van der Waals surface area contributed by atoms with Gasteiger partial charge in [-0.05, 0) is 59.0 Å². The Morgan fingerprint density at radius 1 is 1.20 bits per heavy atom. The van der Waals surface area contributed by atoms with E-state index in [0.29, 0.717) is 26.9 Å². The second-order valence-electron chi connectivity index (χ2n) is 3.88. The Kier molecular flexibility index (Phi) is 4.86. The van der Waals surface area contributed by atoms with E-state index < -0.39 is 0 Å². The van der Waals surface area contributed by atoms with E-state index in [-0.39, 0.29) is 5.91 Å². The molecule has 0 atom stereocenters. The summed E-state index contributed by atoms with van der Waals surface area (Å²) in [7, 11) is 0. The van der Waals surface area contributed by atoms with Gasteiger partial charge in [-0.2, -0.15) is 5.26 Å². The maximum absolute atomic E-state index is 12.2. The Balaban J connectivity index is 2.26. The number of anilines is 1. The predicted molar refractivity (Wildman–Crippen MR) is 88.3 cm³/mol. The summed E-state index contributed by atoms with van der Waals surface area (Å²) in [4.78, 5) is 12.2. The third-order valence-corrected chi connectivity index (χ3v) is 3.98. The van der Waals surface area contributed by atoms with E-state index >= 15 is 0 Å². The highest BCUT2D eigenvalue weighted by molar-refractivity contribution is 14.1. The number of hydrogen-bond donors (Lipinski definition) is 1. The van der Waals surface area contributed by atoms with Gasteiger partial charge in [0.1, 0.15) is 6.07 Å². The SMILES string of the molecule is N#Cc1cc(NC(=O)c2ccc(Cl)cc2I)ccc1Cl. The molecule has 0 aromatic heterocycles. The fourth-order valence-electron chi connectivity index (χ4n) is 1.56. The van der Waals surface area contributed by atoms with Crippen molar-refractivity contribution >= 4 is 57.4 Å². The van der Waals surface area contributed by atoms with Crippen LogP contribution in [-0.4, -0.2) is 5.91 Å². The standard InChI is InChI=1S/C14H7Cl2IN2O/c15-9-1-3-11(13(17)6-9)14(20)19-10-2-4-12(16)8(5-10)7-18/h1-6H,(H,19,20). The van der Waals surface area contributed by atoms with Crippen molar-refractivity contribution in [2.75, 3.05) is 5.32 Å². The average molecular weight is 417 g/mol. The minimum atomic E-state index is -0.266. The zero-order valence-electron chi connectivity index (χ0n) is 9.95. The largest absolute Gasteiger partial charge is 0.322 e. The maximum atomic E-state index is 12.2. The number of nitriles is 1. The highest BCUT2D eigenvalue weighted by Crippen LogP contribution is 2.22. The fraction of sp³-hybridized carbons (Fsp3) is 0. The molecule has 0 spiro atoms. The first-order valence-electron chi connectivity index (χ1n) is 5.47. The molecule has 3 nitrogen and oxygen atoms in total. The lowest BCUT2D eigenvalue weighted by molar-refractivity contribution is 0.102. The fourth-order valence-corrected chi connectivity index (χ4v) is 2.84. The number of carbonyl (C=O) groups is 1. The molecule has 0 aliphatic heterocycles. The quantitative estimate of drug-likeness (QED) is 0.720. The number of benzene rings is 2. The van der Waals surface area contributed by atoms with E-state index in [4.69, 9.17) is 28.5 Å². The van der Waals surface area contributed by atoms with Crippen LogP contribution in [0.5, 0.6) is 0 Å². The topological polar surface area (TPSA) is 52.9 Å². The zero-order chi connectivity index (χ0) is 14.7. The van der Waals surface area contributed by atoms with Crippen LogP contribution in [0.4, 0.5) is 5.69 Å². The van der Waals surface area contributed by atoms with Gasteiger partial charge in [-0.25, -0.2) is 0 Å². The highest BCUT2D eigenvalue weighted by Gasteiger charge is 2.11. The molecular weight excluding hydrogens is 410 g/mol. The van der Waals surface area contributed by atoms with E-state index in [9.17, 15) is 4.79 Å². The van der Waals surface area contributed by atoms with Crippen molar-refractivity contribution < 1.29 is 4.79 Å². The summed E-state index contributed by atoms with van der Waals surface area (Å²) in [5.41, 5.74) is 1.35. The van der Waals surface area contributed by atoms with Crippen molar-refractivity contribution in [1.82, 2.24) is 0 Å². The number of nitrogens with one attached hydrogen (secondary N) is 1. The van der Waals surface area contributed by atoms with Gasteiger partial charge in [-0.3, -0.25) is 4.79 Å². The molecule has 2 aromatic rings. The first kappa shape index (κ1) is 15.1. The summed E-state index contributed by atoms with van der Waals surface area (Å²) in [5.74, 6) is -0.266. The van der Waals surface area contributed by atoms with Gasteiger partial charge >= 0.3 is 0 Å². The second-order valence-corrected chi connectivity index (χ2v) is 5.89. The summed E-state index contributed by atoms with van der Waals surface area (Å²) in [6.07, 6.45) is 0. The van der Waals surface area contributed by atoms with E-state index in [2.05, 4.69) is 5.32 Å². The van der Waals surface area contributed by atoms with Crippen LogP contribution in [0.15, 0.2) is 36.4 Å². The molecule has 0 saturated carbocycles. The lowest BCUT2D eigenvalue weighted by atomic mass is 10.2. The summed E-state index contributed by atoms with van der Waals surface area (Å²) in [6, 6.07) is 11.7. The normalized spacial score (nSPS) is 9.90. The predicted octanol–water partition coefficient (Wildman–Crippen LogP) is 4.72. The zero-order valence-corrected chi connectivity index (χ0v) is 13.6. The summed E-state index contributed by atoms with van der Waals surface area (Å²) in [5, 5.41) is 12.6. The molecular formula is C14H7Cl2IN2O. The van der Waals surface area contributed by atoms with E-state index in [1.165, 1.54) is 6.07 Å². The first-order chi connectivity index (χ1) is 9.51. The van der Waals surface area contributed by atoms with Gasteiger partial charge in [-0.15, -0.1) is 0 Å². The van der Waals surface area contributed by atoms with Crippen LogP contribution in [0.25, 0.3) is 0 Å². The minimum absolute atomic E-state index is 0.266. The molecule has 0 heterocycles. The molecule has 2 aromatic carbocycles. The molecule has 0 saturated heterocycles. The number of nitrogens with zero attached hydrogens (tertiary/aromatic N) is 1. The molecule has 0 radical (unpaired) electrons. The van der Waals surface area contributed by atoms with Crippen LogP contribution in [0.3, 0.4) is 0 Å². The van der Waals surface area contributed by atoms with E-state index in [1.807, 2.05) is 28.7 Å². The minimum Gasteiger partial charge on any atom is -0.322 e. The van der Waals surface area contributed by atoms with Gasteiger partial charge in [0, 0.05) is 14.3 Å². The molecule has 0 bridgehead atoms. The number of rotatable bonds is 2. The summed E-state index contributed by atoms with van der Waals surface area (Å²) >= 11 is 13.7. The van der Waals surface area contributed by atoms with E-state index in [0.717, 1.165) is 3.57 Å². The van der Waals surface area contributed by atoms with Crippen molar-refractivity contribution in [3.8, 4) is 6.07 Å². The van der Waals surface area contributed by atoms with Crippen molar-refractivity contribution in [3.05, 3.63) is 61.1 Å². The van der Waals surface area contributed by atoms with Gasteiger partial charge in [0.2, 0.25) is 0 Å². The monoisotopic (exact) mass is 416 g/mol. The summed E-state index contributed by atoms with van der Waals surface area (Å²) < 4.78 is 0.752. The van der Waals surface area contributed by atoms with Crippen molar-refractivity contribution in [2.45, 2.75) is 0 Å². The molecule has 0 aliphatic rings.